The van der Waals surface area contributed by atoms with Crippen LogP contribution in [0, 0.1) is 0 Å². The van der Waals surface area contributed by atoms with Crippen molar-refractivity contribution in [1.29, 1.82) is 0 Å². The van der Waals surface area contributed by atoms with Crippen molar-refractivity contribution in [2.45, 2.75) is 17.4 Å². The first kappa shape index (κ1) is 25.3. The molecule has 0 unspecified atom stereocenters. The van der Waals surface area contributed by atoms with Crippen molar-refractivity contribution >= 4 is 66.4 Å². The fourth-order valence-corrected chi connectivity index (χ4v) is 5.43. The number of hydrogen-bond acceptors (Lipinski definition) is 6. The van der Waals surface area contributed by atoms with Gasteiger partial charge in [-0.3, -0.25) is 4.72 Å². The van der Waals surface area contributed by atoms with Crippen LogP contribution < -0.4 is 14.2 Å². The molecule has 4 rings (SSSR count). The number of nitrogens with zero attached hydrogens (tertiary/aromatic N) is 2. The van der Waals surface area contributed by atoms with E-state index >= 15 is 0 Å². The number of ether oxygens (including phenoxy) is 2. The van der Waals surface area contributed by atoms with E-state index in [0.717, 1.165) is 19.5 Å². The second-order valence-electron chi connectivity index (χ2n) is 7.65. The molecule has 180 valence electrons. The summed E-state index contributed by atoms with van der Waals surface area (Å²) in [6.07, 6.45) is 2.05. The quantitative estimate of drug-likeness (QED) is 0.331. The monoisotopic (exact) mass is 605 g/mol. The number of rotatable bonds is 7. The van der Waals surface area contributed by atoms with Gasteiger partial charge in [0.05, 0.1) is 26.4 Å². The maximum atomic E-state index is 13.0. The summed E-state index contributed by atoms with van der Waals surface area (Å²) < 4.78 is 40.5. The third-order valence-electron chi connectivity index (χ3n) is 5.04. The van der Waals surface area contributed by atoms with Gasteiger partial charge in [-0.1, -0.05) is 40.9 Å². The molecule has 0 amide bonds. The van der Waals surface area contributed by atoms with E-state index in [1.54, 1.807) is 36.4 Å². The van der Waals surface area contributed by atoms with E-state index in [4.69, 9.17) is 44.3 Å². The summed E-state index contributed by atoms with van der Waals surface area (Å²) in [6, 6.07) is 11.0. The molecule has 34 heavy (non-hydrogen) atoms. The van der Waals surface area contributed by atoms with Crippen molar-refractivity contribution < 1.29 is 17.9 Å². The number of sulfonamides is 1. The molecule has 0 radical (unpaired) electrons. The van der Waals surface area contributed by atoms with E-state index in [2.05, 4.69) is 30.5 Å². The van der Waals surface area contributed by atoms with Crippen LogP contribution in [0.15, 0.2) is 58.0 Å². The van der Waals surface area contributed by atoms with Gasteiger partial charge in [0.2, 0.25) is 5.88 Å². The molecule has 0 spiro atoms. The maximum absolute atomic E-state index is 13.0. The van der Waals surface area contributed by atoms with Crippen LogP contribution >= 0.6 is 50.7 Å². The van der Waals surface area contributed by atoms with Crippen LogP contribution in [-0.2, 0) is 10.0 Å². The highest BCUT2D eigenvalue weighted by molar-refractivity contribution is 9.10. The molecule has 0 bridgehead atoms. The van der Waals surface area contributed by atoms with E-state index in [0.29, 0.717) is 31.7 Å². The SMILES string of the molecule is CN1CC[C@@H](Oc2cc(NS(=O)(=O)c3cnc(Oc4cccc(Cl)c4Cl)c(Br)c3)ccc2Cl)C1. The summed E-state index contributed by atoms with van der Waals surface area (Å²) in [5, 5.41) is 0.953. The molecule has 12 heteroatoms. The van der Waals surface area contributed by atoms with Crippen LogP contribution in [-0.4, -0.2) is 44.5 Å². The number of halogens is 4. The Hall–Kier alpha value is -1.75. The lowest BCUT2D eigenvalue weighted by Gasteiger charge is -2.16. The Morgan fingerprint density at radius 1 is 1.12 bits per heavy atom. The Morgan fingerprint density at radius 2 is 1.91 bits per heavy atom. The number of nitrogens with one attached hydrogen (secondary N) is 1. The minimum absolute atomic E-state index is 0.00458. The Morgan fingerprint density at radius 3 is 2.62 bits per heavy atom. The van der Waals surface area contributed by atoms with E-state index < -0.39 is 10.0 Å². The van der Waals surface area contributed by atoms with Crippen LogP contribution in [0.1, 0.15) is 6.42 Å². The van der Waals surface area contributed by atoms with Gasteiger partial charge in [0.1, 0.15) is 27.5 Å². The first-order valence-corrected chi connectivity index (χ1v) is 13.5. The molecule has 1 aliphatic rings. The van der Waals surface area contributed by atoms with Crippen molar-refractivity contribution in [2.24, 2.45) is 0 Å². The van der Waals surface area contributed by atoms with Gasteiger partial charge in [-0.15, -0.1) is 0 Å². The third kappa shape index (κ3) is 5.90. The van der Waals surface area contributed by atoms with E-state index in [9.17, 15) is 8.42 Å². The molecule has 3 aromatic rings. The minimum atomic E-state index is -3.96. The fourth-order valence-electron chi connectivity index (χ4n) is 3.34. The predicted molar refractivity (Wildman–Crippen MR) is 137 cm³/mol. The molecule has 2 aromatic carbocycles. The predicted octanol–water partition coefficient (Wildman–Crippen LogP) is 6.48. The molecule has 7 nitrogen and oxygen atoms in total. The van der Waals surface area contributed by atoms with E-state index in [-0.39, 0.29) is 21.9 Å². The summed E-state index contributed by atoms with van der Waals surface area (Å²) in [6.45, 7) is 1.71. The van der Waals surface area contributed by atoms with E-state index in [1.165, 1.54) is 12.3 Å². The van der Waals surface area contributed by atoms with Crippen molar-refractivity contribution in [3.05, 3.63) is 68.2 Å². The smallest absolute Gasteiger partial charge is 0.263 e. The molecular weight excluding hydrogens is 589 g/mol. The van der Waals surface area contributed by atoms with Crippen LogP contribution in [0.5, 0.6) is 17.4 Å². The first-order valence-electron chi connectivity index (χ1n) is 10.1. The minimum Gasteiger partial charge on any atom is -0.487 e. The third-order valence-corrected chi connectivity index (χ3v) is 8.07. The Kier molecular flexibility index (Phi) is 7.81. The van der Waals surface area contributed by atoms with Crippen molar-refractivity contribution in [1.82, 2.24) is 9.88 Å². The van der Waals surface area contributed by atoms with E-state index in [1.807, 2.05) is 7.05 Å². The van der Waals surface area contributed by atoms with Crippen molar-refractivity contribution in [3.63, 3.8) is 0 Å². The van der Waals surface area contributed by atoms with Gasteiger partial charge < -0.3 is 14.4 Å². The van der Waals surface area contributed by atoms with Crippen LogP contribution in [0.4, 0.5) is 5.69 Å². The molecular formula is C22H19BrCl3N3O4S. The summed E-state index contributed by atoms with van der Waals surface area (Å²) in [4.78, 5) is 6.20. The molecule has 1 saturated heterocycles. The molecule has 1 aliphatic heterocycles. The highest BCUT2D eigenvalue weighted by atomic mass is 79.9. The van der Waals surface area contributed by atoms with Crippen molar-refractivity contribution in [3.8, 4) is 17.4 Å². The number of benzene rings is 2. The standard InChI is InChI=1S/C22H19BrCl3N3O4S/c1-29-8-7-14(12-29)32-20-9-13(5-6-17(20)24)28-34(30,31)15-10-16(23)22(27-11-15)33-19-4-2-3-18(25)21(19)26/h2-6,9-11,14,28H,7-8,12H2,1H3/t14-/m1/s1. The zero-order valence-electron chi connectivity index (χ0n) is 17.8. The summed E-state index contributed by atoms with van der Waals surface area (Å²) >= 11 is 21.7. The van der Waals surface area contributed by atoms with Gasteiger partial charge in [-0.2, -0.15) is 0 Å². The maximum Gasteiger partial charge on any atom is 0.263 e. The molecule has 1 fully saturated rings. The lowest BCUT2D eigenvalue weighted by molar-refractivity contribution is 0.208. The number of likely N-dealkylation sites (N-methyl/N-ethyl adjacent to an activating group) is 1. The second kappa shape index (κ2) is 10.5. The van der Waals surface area contributed by atoms with Gasteiger partial charge >= 0.3 is 0 Å². The molecule has 0 saturated carbocycles. The zero-order valence-corrected chi connectivity index (χ0v) is 22.4. The first-order chi connectivity index (χ1) is 16.1. The normalized spacial score (nSPS) is 16.4. The Balaban J connectivity index is 1.51. The number of aromatic nitrogens is 1. The van der Waals surface area contributed by atoms with Gasteiger partial charge in [-0.25, -0.2) is 13.4 Å². The highest BCUT2D eigenvalue weighted by Gasteiger charge is 2.23. The average Bonchev–Trinajstić information content (AvgIpc) is 3.19. The van der Waals surface area contributed by atoms with Crippen LogP contribution in [0.3, 0.4) is 0 Å². The number of pyridine rings is 1. The van der Waals surface area contributed by atoms with Crippen LogP contribution in [0.25, 0.3) is 0 Å². The zero-order chi connectivity index (χ0) is 24.5. The summed E-state index contributed by atoms with van der Waals surface area (Å²) in [5.41, 5.74) is 0.313. The fraction of sp³-hybridized carbons (Fsp3) is 0.227. The lowest BCUT2D eigenvalue weighted by atomic mass is 10.3. The highest BCUT2D eigenvalue weighted by Crippen LogP contribution is 2.37. The molecule has 0 aliphatic carbocycles. The molecule has 1 N–H and O–H groups in total. The van der Waals surface area contributed by atoms with Crippen LogP contribution in [0.2, 0.25) is 15.1 Å². The topological polar surface area (TPSA) is 80.8 Å². The number of anilines is 1. The number of likely N-dealkylation sites (tertiary alicyclic amines) is 1. The molecule has 1 atom stereocenters. The molecule has 1 aromatic heterocycles. The Bertz CT molecular complexity index is 1330. The second-order valence-corrected chi connectivity index (χ2v) is 11.4. The van der Waals surface area contributed by atoms with Crippen molar-refractivity contribution in [2.75, 3.05) is 24.9 Å². The van der Waals surface area contributed by atoms with Gasteiger partial charge in [-0.05, 0) is 59.7 Å². The van der Waals surface area contributed by atoms with Gasteiger partial charge in [0.15, 0.2) is 0 Å². The molecule has 2 heterocycles. The summed E-state index contributed by atoms with van der Waals surface area (Å²) in [5.74, 6) is 0.841. The Labute approximate surface area is 221 Å². The van der Waals surface area contributed by atoms with Gasteiger partial charge in [0.25, 0.3) is 10.0 Å². The van der Waals surface area contributed by atoms with Gasteiger partial charge in [0, 0.05) is 19.2 Å². The number of hydrogen-bond donors (Lipinski definition) is 1. The average molecular weight is 608 g/mol. The lowest BCUT2D eigenvalue weighted by Crippen LogP contribution is -2.21. The summed E-state index contributed by atoms with van der Waals surface area (Å²) in [7, 11) is -1.94. The largest absolute Gasteiger partial charge is 0.487 e.